The zero-order valence-electron chi connectivity index (χ0n) is 12.2. The van der Waals surface area contributed by atoms with Gasteiger partial charge in [-0.05, 0) is 33.2 Å². The van der Waals surface area contributed by atoms with Crippen molar-refractivity contribution in [3.63, 3.8) is 0 Å². The van der Waals surface area contributed by atoms with Gasteiger partial charge in [0.25, 0.3) is 0 Å². The lowest BCUT2D eigenvalue weighted by Crippen LogP contribution is -2.54. The molecule has 0 aliphatic rings. The number of ether oxygens (including phenoxy) is 1. The molecular weight excluding hydrogens is 248 g/mol. The third-order valence-electron chi connectivity index (χ3n) is 2.73. The topological polar surface area (TPSA) is 44.8 Å². The number of carbonyl (C=O) groups is 1. The molecule has 0 saturated heterocycles. The van der Waals surface area contributed by atoms with Gasteiger partial charge in [-0.25, -0.2) is 4.79 Å². The van der Waals surface area contributed by atoms with E-state index in [1.165, 1.54) is 0 Å². The largest absolute Gasteiger partial charge is 0.457 e. The number of hydrogen-bond acceptors (Lipinski definition) is 4. The summed E-state index contributed by atoms with van der Waals surface area (Å²) >= 11 is 0. The number of rotatable bonds is 9. The molecule has 106 valence electrons. The second-order valence-corrected chi connectivity index (χ2v) is 7.67. The third-order valence-corrected chi connectivity index (χ3v) is 6.78. The second-order valence-electron chi connectivity index (χ2n) is 4.11. The van der Waals surface area contributed by atoms with E-state index in [1.54, 1.807) is 6.92 Å². The molecule has 0 amide bonds. The molecule has 0 bridgehead atoms. The normalized spacial score (nSPS) is 13.2. The van der Waals surface area contributed by atoms with Crippen molar-refractivity contribution in [1.82, 2.24) is 0 Å². The molecule has 0 heterocycles. The van der Waals surface area contributed by atoms with Crippen molar-refractivity contribution < 1.29 is 18.4 Å². The van der Waals surface area contributed by atoms with Crippen LogP contribution in [0.15, 0.2) is 12.2 Å². The van der Waals surface area contributed by atoms with Crippen LogP contribution in [0.1, 0.15) is 41.0 Å². The van der Waals surface area contributed by atoms with Crippen LogP contribution in [0, 0.1) is 0 Å². The predicted molar refractivity (Wildman–Crippen MR) is 74.5 cm³/mol. The standard InChI is InChI=1S/C13H26O4Si/c1-7-12(17-13(14)11(5)6)18(10-4,15-8-2)16-9-3/h12H,5,7-10H2,1-4,6H3. The average molecular weight is 274 g/mol. The summed E-state index contributed by atoms with van der Waals surface area (Å²) in [7, 11) is -2.49. The molecule has 0 spiro atoms. The van der Waals surface area contributed by atoms with E-state index in [4.69, 9.17) is 13.6 Å². The van der Waals surface area contributed by atoms with Crippen LogP contribution in [-0.4, -0.2) is 33.5 Å². The lowest BCUT2D eigenvalue weighted by atomic mass is 10.4. The molecule has 0 N–H and O–H groups in total. The van der Waals surface area contributed by atoms with Crippen LogP contribution in [-0.2, 0) is 18.4 Å². The Hall–Kier alpha value is -0.653. The minimum Gasteiger partial charge on any atom is -0.457 e. The monoisotopic (exact) mass is 274 g/mol. The van der Waals surface area contributed by atoms with Gasteiger partial charge in [0.05, 0.1) is 0 Å². The first-order chi connectivity index (χ1) is 8.47. The van der Waals surface area contributed by atoms with Gasteiger partial charge in [0, 0.05) is 18.8 Å². The fourth-order valence-electron chi connectivity index (χ4n) is 1.86. The molecule has 18 heavy (non-hydrogen) atoms. The summed E-state index contributed by atoms with van der Waals surface area (Å²) in [5, 5.41) is 0. The number of carbonyl (C=O) groups excluding carboxylic acids is 1. The highest BCUT2D eigenvalue weighted by molar-refractivity contribution is 6.68. The van der Waals surface area contributed by atoms with Crippen molar-refractivity contribution in [3.05, 3.63) is 12.2 Å². The van der Waals surface area contributed by atoms with E-state index in [1.807, 2.05) is 27.7 Å². The van der Waals surface area contributed by atoms with Gasteiger partial charge in [-0.1, -0.05) is 20.4 Å². The van der Waals surface area contributed by atoms with Gasteiger partial charge in [-0.3, -0.25) is 0 Å². The molecule has 1 unspecified atom stereocenters. The molecule has 5 heteroatoms. The first-order valence-electron chi connectivity index (χ1n) is 6.61. The molecule has 0 aromatic heterocycles. The number of esters is 1. The molecule has 1 atom stereocenters. The Bertz CT molecular complexity index is 272. The Morgan fingerprint density at radius 1 is 1.17 bits per heavy atom. The van der Waals surface area contributed by atoms with Gasteiger partial charge in [0.1, 0.15) is 5.73 Å². The molecule has 0 fully saturated rings. The van der Waals surface area contributed by atoms with E-state index in [9.17, 15) is 4.79 Å². The minimum atomic E-state index is -2.49. The summed E-state index contributed by atoms with van der Waals surface area (Å²) < 4.78 is 17.2. The van der Waals surface area contributed by atoms with Crippen LogP contribution in [0.3, 0.4) is 0 Å². The van der Waals surface area contributed by atoms with Crippen molar-refractivity contribution in [2.24, 2.45) is 0 Å². The van der Waals surface area contributed by atoms with Gasteiger partial charge in [-0.2, -0.15) is 0 Å². The van der Waals surface area contributed by atoms with Crippen LogP contribution in [0.25, 0.3) is 0 Å². The molecule has 0 saturated carbocycles. The van der Waals surface area contributed by atoms with E-state index in [-0.39, 0.29) is 11.7 Å². The summed E-state index contributed by atoms with van der Waals surface area (Å²) in [4.78, 5) is 11.7. The molecule has 0 aromatic rings. The maximum Gasteiger partial charge on any atom is 0.380 e. The molecule has 0 rings (SSSR count). The Morgan fingerprint density at radius 3 is 1.94 bits per heavy atom. The molecule has 4 nitrogen and oxygen atoms in total. The summed E-state index contributed by atoms with van der Waals surface area (Å²) in [6, 6.07) is 0.761. The first kappa shape index (κ1) is 17.3. The highest BCUT2D eigenvalue weighted by atomic mass is 28.4. The van der Waals surface area contributed by atoms with Gasteiger partial charge in [-0.15, -0.1) is 0 Å². The SMILES string of the molecule is C=C(C)C(=O)OC(CC)[Si](CC)(OCC)OCC. The van der Waals surface area contributed by atoms with Crippen LogP contribution in [0.5, 0.6) is 0 Å². The van der Waals surface area contributed by atoms with Crippen LogP contribution < -0.4 is 0 Å². The smallest absolute Gasteiger partial charge is 0.380 e. The zero-order valence-corrected chi connectivity index (χ0v) is 13.2. The van der Waals surface area contributed by atoms with Gasteiger partial charge < -0.3 is 13.6 Å². The van der Waals surface area contributed by atoms with E-state index in [0.717, 1.165) is 6.04 Å². The van der Waals surface area contributed by atoms with E-state index < -0.39 is 8.56 Å². The average Bonchev–Trinajstić information content (AvgIpc) is 2.35. The summed E-state index contributed by atoms with van der Waals surface area (Å²) in [5.41, 5.74) is 0.118. The molecule has 0 radical (unpaired) electrons. The Labute approximate surface area is 112 Å². The van der Waals surface area contributed by atoms with Crippen LogP contribution in [0.4, 0.5) is 0 Å². The van der Waals surface area contributed by atoms with Crippen molar-refractivity contribution >= 4 is 14.5 Å². The first-order valence-corrected chi connectivity index (χ1v) is 8.71. The van der Waals surface area contributed by atoms with Crippen molar-refractivity contribution in [1.29, 1.82) is 0 Å². The molecule has 0 aliphatic carbocycles. The van der Waals surface area contributed by atoms with Crippen molar-refractivity contribution in [3.8, 4) is 0 Å². The zero-order chi connectivity index (χ0) is 14.2. The summed E-state index contributed by atoms with van der Waals surface area (Å²) in [6.07, 6.45) is 0.694. The highest BCUT2D eigenvalue weighted by Crippen LogP contribution is 2.24. The maximum absolute atomic E-state index is 11.7. The lowest BCUT2D eigenvalue weighted by Gasteiger charge is -2.35. The van der Waals surface area contributed by atoms with E-state index in [0.29, 0.717) is 25.2 Å². The summed E-state index contributed by atoms with van der Waals surface area (Å²) in [6.45, 7) is 14.3. The molecular formula is C13H26O4Si. The fraction of sp³-hybridized carbons (Fsp3) is 0.769. The highest BCUT2D eigenvalue weighted by Gasteiger charge is 2.46. The Morgan fingerprint density at radius 2 is 1.67 bits per heavy atom. The maximum atomic E-state index is 11.7. The van der Waals surface area contributed by atoms with Gasteiger partial charge in [0.15, 0.2) is 0 Å². The molecule has 0 aromatic carbocycles. The fourth-order valence-corrected chi connectivity index (χ4v) is 5.07. The van der Waals surface area contributed by atoms with Crippen molar-refractivity contribution in [2.45, 2.75) is 52.8 Å². The van der Waals surface area contributed by atoms with E-state index >= 15 is 0 Å². The van der Waals surface area contributed by atoms with Crippen LogP contribution >= 0.6 is 0 Å². The van der Waals surface area contributed by atoms with Crippen molar-refractivity contribution in [2.75, 3.05) is 13.2 Å². The second kappa shape index (κ2) is 8.45. The predicted octanol–water partition coefficient (Wildman–Crippen LogP) is 2.96. The van der Waals surface area contributed by atoms with E-state index in [2.05, 4.69) is 6.58 Å². The van der Waals surface area contributed by atoms with Gasteiger partial charge >= 0.3 is 14.5 Å². The molecule has 0 aliphatic heterocycles. The number of hydrogen-bond donors (Lipinski definition) is 0. The third kappa shape index (κ3) is 4.55. The summed E-state index contributed by atoms with van der Waals surface area (Å²) in [5.74, 6) is -0.369. The van der Waals surface area contributed by atoms with Crippen LogP contribution in [0.2, 0.25) is 6.04 Å². The Balaban J connectivity index is 5.00. The quantitative estimate of drug-likeness (QED) is 0.368. The Kier molecular flexibility index (Phi) is 8.14. The van der Waals surface area contributed by atoms with Gasteiger partial charge in [0.2, 0.25) is 0 Å². The lowest BCUT2D eigenvalue weighted by molar-refractivity contribution is -0.142. The minimum absolute atomic E-state index is 0.286.